The van der Waals surface area contributed by atoms with Crippen molar-refractivity contribution in [2.45, 2.75) is 6.54 Å². The van der Waals surface area contributed by atoms with Crippen LogP contribution in [0.2, 0.25) is 0 Å². The van der Waals surface area contributed by atoms with Crippen LogP contribution in [0.3, 0.4) is 0 Å². The van der Waals surface area contributed by atoms with Gasteiger partial charge in [0.2, 0.25) is 6.39 Å². The van der Waals surface area contributed by atoms with Gasteiger partial charge in [-0.2, -0.15) is 4.98 Å². The monoisotopic (exact) mass is 241 g/mol. The van der Waals surface area contributed by atoms with Crippen molar-refractivity contribution in [3.05, 3.63) is 42.7 Å². The average molecular weight is 241 g/mol. The number of nitrogens with one attached hydrogen (secondary N) is 1. The van der Waals surface area contributed by atoms with Crippen molar-refractivity contribution in [2.75, 3.05) is 11.1 Å². The molecule has 3 N–H and O–H groups in total. The Bertz CT molecular complexity index is 665. The third-order valence-corrected chi connectivity index (χ3v) is 2.61. The predicted octanol–water partition coefficient (Wildman–Crippen LogP) is 1.81. The highest BCUT2D eigenvalue weighted by Crippen LogP contribution is 2.23. The maximum Gasteiger partial charge on any atom is 0.213 e. The molecule has 2 heterocycles. The molecule has 0 spiro atoms. The van der Waals surface area contributed by atoms with Gasteiger partial charge in [0.25, 0.3) is 0 Å². The molecule has 3 aromatic rings. The van der Waals surface area contributed by atoms with E-state index in [0.29, 0.717) is 18.1 Å². The van der Waals surface area contributed by atoms with Gasteiger partial charge in [-0.25, -0.2) is 0 Å². The third kappa shape index (κ3) is 1.95. The fourth-order valence-electron chi connectivity index (χ4n) is 1.76. The Morgan fingerprint density at radius 3 is 3.00 bits per heavy atom. The molecule has 0 aliphatic heterocycles. The molecular formula is C12H11N5O. The van der Waals surface area contributed by atoms with E-state index in [1.807, 2.05) is 24.3 Å². The molecule has 2 aromatic heterocycles. The van der Waals surface area contributed by atoms with E-state index in [4.69, 9.17) is 5.73 Å². The van der Waals surface area contributed by atoms with Crippen LogP contribution in [0.5, 0.6) is 0 Å². The second-order valence-electron chi connectivity index (χ2n) is 3.84. The average Bonchev–Trinajstić information content (AvgIpc) is 2.89. The molecule has 0 aliphatic rings. The first-order chi connectivity index (χ1) is 8.83. The molecule has 0 aliphatic carbocycles. The number of nitrogens with zero attached hydrogens (tertiary/aromatic N) is 3. The summed E-state index contributed by atoms with van der Waals surface area (Å²) in [5.74, 6) is 0.607. The summed E-state index contributed by atoms with van der Waals surface area (Å²) in [6, 6.07) is 7.53. The van der Waals surface area contributed by atoms with Crippen LogP contribution in [0.15, 0.2) is 41.4 Å². The maximum absolute atomic E-state index is 5.73. The minimum atomic E-state index is 0.500. The molecule has 90 valence electrons. The largest absolute Gasteiger partial charge is 0.399 e. The van der Waals surface area contributed by atoms with Crippen molar-refractivity contribution in [2.24, 2.45) is 0 Å². The standard InChI is InChI=1S/C12H11N5O/c13-8-1-2-9-10(3-4-14-11(9)5-8)15-6-12-16-7-18-17-12/h1-5,7H,6,13H2,(H,14,15). The smallest absolute Gasteiger partial charge is 0.213 e. The molecule has 6 heteroatoms. The minimum absolute atomic E-state index is 0.500. The molecule has 6 nitrogen and oxygen atoms in total. The molecular weight excluding hydrogens is 230 g/mol. The zero-order chi connectivity index (χ0) is 12.4. The number of aromatic nitrogens is 3. The Hall–Kier alpha value is -2.63. The quantitative estimate of drug-likeness (QED) is 0.680. The first-order valence-electron chi connectivity index (χ1n) is 5.46. The molecule has 0 saturated heterocycles. The van der Waals surface area contributed by atoms with Gasteiger partial charge in [0.05, 0.1) is 12.1 Å². The molecule has 0 radical (unpaired) electrons. The van der Waals surface area contributed by atoms with Crippen molar-refractivity contribution >= 4 is 22.3 Å². The van der Waals surface area contributed by atoms with Crippen LogP contribution in [0.25, 0.3) is 10.9 Å². The second-order valence-corrected chi connectivity index (χ2v) is 3.84. The number of nitrogen functional groups attached to an aromatic ring is 1. The SMILES string of the molecule is Nc1ccc2c(NCc3ncon3)ccnc2c1. The van der Waals surface area contributed by atoms with Crippen LogP contribution >= 0.6 is 0 Å². The Balaban J connectivity index is 1.92. The lowest BCUT2D eigenvalue weighted by molar-refractivity contribution is 0.411. The molecule has 3 rings (SSSR count). The Kier molecular flexibility index (Phi) is 2.53. The first-order valence-corrected chi connectivity index (χ1v) is 5.46. The highest BCUT2D eigenvalue weighted by Gasteiger charge is 2.03. The molecule has 0 saturated carbocycles. The van der Waals surface area contributed by atoms with Crippen LogP contribution < -0.4 is 11.1 Å². The fourth-order valence-corrected chi connectivity index (χ4v) is 1.76. The zero-order valence-corrected chi connectivity index (χ0v) is 9.50. The summed E-state index contributed by atoms with van der Waals surface area (Å²) in [7, 11) is 0. The van der Waals surface area contributed by atoms with E-state index in [1.165, 1.54) is 6.39 Å². The number of benzene rings is 1. The summed E-state index contributed by atoms with van der Waals surface area (Å²) in [6.07, 6.45) is 3.04. The van der Waals surface area contributed by atoms with Gasteiger partial charge >= 0.3 is 0 Å². The lowest BCUT2D eigenvalue weighted by Crippen LogP contribution is -2.02. The van der Waals surface area contributed by atoms with E-state index < -0.39 is 0 Å². The fraction of sp³-hybridized carbons (Fsp3) is 0.0833. The van der Waals surface area contributed by atoms with E-state index in [-0.39, 0.29) is 0 Å². The van der Waals surface area contributed by atoms with E-state index in [2.05, 4.69) is 25.0 Å². The number of hydrogen-bond acceptors (Lipinski definition) is 6. The van der Waals surface area contributed by atoms with Crippen LogP contribution in [-0.2, 0) is 6.54 Å². The zero-order valence-electron chi connectivity index (χ0n) is 9.50. The Morgan fingerprint density at radius 2 is 2.17 bits per heavy atom. The highest BCUT2D eigenvalue weighted by atomic mass is 16.5. The summed E-state index contributed by atoms with van der Waals surface area (Å²) in [6.45, 7) is 0.500. The van der Waals surface area contributed by atoms with Gasteiger partial charge in [0, 0.05) is 23.0 Å². The van der Waals surface area contributed by atoms with E-state index in [1.54, 1.807) is 6.20 Å². The molecule has 18 heavy (non-hydrogen) atoms. The minimum Gasteiger partial charge on any atom is -0.399 e. The highest BCUT2D eigenvalue weighted by molar-refractivity contribution is 5.92. The van der Waals surface area contributed by atoms with Gasteiger partial charge in [-0.1, -0.05) is 5.16 Å². The lowest BCUT2D eigenvalue weighted by Gasteiger charge is -2.07. The van der Waals surface area contributed by atoms with Gasteiger partial charge in [0.15, 0.2) is 5.82 Å². The molecule has 0 fully saturated rings. The van der Waals surface area contributed by atoms with Gasteiger partial charge in [-0.3, -0.25) is 4.98 Å². The normalized spacial score (nSPS) is 10.7. The van der Waals surface area contributed by atoms with Crippen LogP contribution in [0, 0.1) is 0 Å². The number of fused-ring (bicyclic) bond motifs is 1. The van der Waals surface area contributed by atoms with Crippen molar-refractivity contribution < 1.29 is 4.52 Å². The number of hydrogen-bond donors (Lipinski definition) is 2. The lowest BCUT2D eigenvalue weighted by atomic mass is 10.1. The predicted molar refractivity (Wildman–Crippen MR) is 67.8 cm³/mol. The summed E-state index contributed by atoms with van der Waals surface area (Å²) < 4.78 is 4.68. The van der Waals surface area contributed by atoms with Crippen LogP contribution in [0.1, 0.15) is 5.82 Å². The maximum atomic E-state index is 5.73. The number of rotatable bonds is 3. The topological polar surface area (TPSA) is 89.9 Å². The van der Waals surface area contributed by atoms with Gasteiger partial charge in [-0.15, -0.1) is 0 Å². The van der Waals surface area contributed by atoms with Crippen molar-refractivity contribution in [1.29, 1.82) is 0 Å². The third-order valence-electron chi connectivity index (χ3n) is 2.61. The van der Waals surface area contributed by atoms with Gasteiger partial charge in [-0.05, 0) is 24.3 Å². The summed E-state index contributed by atoms with van der Waals surface area (Å²) >= 11 is 0. The van der Waals surface area contributed by atoms with Crippen molar-refractivity contribution in [1.82, 2.24) is 15.1 Å². The van der Waals surface area contributed by atoms with Crippen molar-refractivity contribution in [3.63, 3.8) is 0 Å². The number of anilines is 2. The van der Waals surface area contributed by atoms with E-state index >= 15 is 0 Å². The molecule has 1 aromatic carbocycles. The summed E-state index contributed by atoms with van der Waals surface area (Å²) in [5, 5.41) is 7.99. The molecule has 0 bridgehead atoms. The van der Waals surface area contributed by atoms with E-state index in [9.17, 15) is 0 Å². The Morgan fingerprint density at radius 1 is 1.22 bits per heavy atom. The number of pyridine rings is 1. The van der Waals surface area contributed by atoms with Crippen LogP contribution in [0.4, 0.5) is 11.4 Å². The Labute approximate surface area is 103 Å². The molecule has 0 unspecified atom stereocenters. The summed E-state index contributed by atoms with van der Waals surface area (Å²) in [5.41, 5.74) is 8.25. The number of nitrogens with two attached hydrogens (primary N) is 1. The van der Waals surface area contributed by atoms with Crippen molar-refractivity contribution in [3.8, 4) is 0 Å². The molecule has 0 atom stereocenters. The van der Waals surface area contributed by atoms with Gasteiger partial charge < -0.3 is 15.6 Å². The second kappa shape index (κ2) is 4.33. The van der Waals surface area contributed by atoms with E-state index in [0.717, 1.165) is 16.6 Å². The first kappa shape index (κ1) is 10.5. The van der Waals surface area contributed by atoms with Gasteiger partial charge in [0.1, 0.15) is 0 Å². The van der Waals surface area contributed by atoms with Crippen LogP contribution in [-0.4, -0.2) is 15.1 Å². The molecule has 0 amide bonds. The summed E-state index contributed by atoms with van der Waals surface area (Å²) in [4.78, 5) is 8.23.